The molecule has 3 N–H and O–H groups in total. The molecule has 1 rings (SSSR count). The average molecular weight is 251 g/mol. The summed E-state index contributed by atoms with van der Waals surface area (Å²) in [7, 11) is 0. The van der Waals surface area contributed by atoms with Crippen molar-refractivity contribution in [3.63, 3.8) is 0 Å². The Morgan fingerprint density at radius 1 is 1.33 bits per heavy atom. The number of pyridine rings is 1. The number of nitrogens with zero attached hydrogens (tertiary/aromatic N) is 2. The summed E-state index contributed by atoms with van der Waals surface area (Å²) in [6.07, 6.45) is 3.32. The van der Waals surface area contributed by atoms with E-state index in [0.29, 0.717) is 18.0 Å². The van der Waals surface area contributed by atoms with Crippen molar-refractivity contribution in [2.45, 2.75) is 46.1 Å². The van der Waals surface area contributed by atoms with Gasteiger partial charge < -0.3 is 10.9 Å². The lowest BCUT2D eigenvalue weighted by Gasteiger charge is -2.16. The van der Waals surface area contributed by atoms with Crippen LogP contribution in [0.25, 0.3) is 0 Å². The van der Waals surface area contributed by atoms with Gasteiger partial charge in [-0.1, -0.05) is 32.8 Å². The molecule has 4 nitrogen and oxygen atoms in total. The van der Waals surface area contributed by atoms with Crippen LogP contribution in [0.15, 0.2) is 23.2 Å². The van der Waals surface area contributed by atoms with Gasteiger partial charge in [-0.3, -0.25) is 4.99 Å². The summed E-state index contributed by atoms with van der Waals surface area (Å²) < 4.78 is 1.10. The Morgan fingerprint density at radius 2 is 2.00 bits per heavy atom. The minimum atomic E-state index is 0.0652. The summed E-state index contributed by atoms with van der Waals surface area (Å²) in [4.78, 5) is 4.38. The van der Waals surface area contributed by atoms with Gasteiger partial charge in [-0.25, -0.2) is 0 Å². The molecule has 0 aliphatic heterocycles. The molecule has 4 heteroatoms. The van der Waals surface area contributed by atoms with Crippen LogP contribution < -0.4 is 11.2 Å². The van der Waals surface area contributed by atoms with Crippen molar-refractivity contribution in [1.82, 2.24) is 4.73 Å². The molecule has 1 aromatic heterocycles. The van der Waals surface area contributed by atoms with Gasteiger partial charge in [0, 0.05) is 6.04 Å². The Balaban J connectivity index is 2.66. The van der Waals surface area contributed by atoms with Crippen LogP contribution >= 0.6 is 0 Å². The van der Waals surface area contributed by atoms with Crippen LogP contribution in [0.1, 0.15) is 38.8 Å². The Hall–Kier alpha value is -1.29. The van der Waals surface area contributed by atoms with Gasteiger partial charge in [-0.2, -0.15) is 4.73 Å². The van der Waals surface area contributed by atoms with Crippen LogP contribution in [0.3, 0.4) is 0 Å². The van der Waals surface area contributed by atoms with Gasteiger partial charge >= 0.3 is 0 Å². The first-order valence-electron chi connectivity index (χ1n) is 6.72. The topological polar surface area (TPSA) is 63.5 Å². The molecule has 1 aromatic rings. The average Bonchev–Trinajstić information content (AvgIpc) is 2.37. The number of hydrogen-bond donors (Lipinski definition) is 2. The first kappa shape index (κ1) is 14.8. The second-order valence-electron chi connectivity index (χ2n) is 4.86. The van der Waals surface area contributed by atoms with Crippen LogP contribution in [0.4, 0.5) is 0 Å². The molecule has 0 radical (unpaired) electrons. The SMILES string of the molecule is CCC(CC)CC(N)CN=c1cccc(C)n1O. The maximum atomic E-state index is 9.77. The molecule has 0 saturated heterocycles. The maximum absolute atomic E-state index is 9.77. The molecule has 1 unspecified atom stereocenters. The molecule has 0 spiro atoms. The maximum Gasteiger partial charge on any atom is 0.163 e. The standard InChI is InChI=1S/C14H25N3O/c1-4-12(5-2)9-13(15)10-16-14-8-6-7-11(3)17(14)18/h6-8,12-13,18H,4-5,9-10,15H2,1-3H3. The summed E-state index contributed by atoms with van der Waals surface area (Å²) >= 11 is 0. The van der Waals surface area contributed by atoms with Crippen molar-refractivity contribution in [2.24, 2.45) is 16.6 Å². The molecule has 0 bridgehead atoms. The Morgan fingerprint density at radius 3 is 2.61 bits per heavy atom. The highest BCUT2D eigenvalue weighted by atomic mass is 16.5. The van der Waals surface area contributed by atoms with Gasteiger partial charge in [0.15, 0.2) is 5.49 Å². The van der Waals surface area contributed by atoms with Crippen LogP contribution in [-0.4, -0.2) is 22.5 Å². The highest BCUT2D eigenvalue weighted by Crippen LogP contribution is 2.13. The lowest BCUT2D eigenvalue weighted by molar-refractivity contribution is 0.164. The van der Waals surface area contributed by atoms with E-state index in [9.17, 15) is 5.21 Å². The van der Waals surface area contributed by atoms with E-state index in [1.807, 2.05) is 19.1 Å². The minimum Gasteiger partial charge on any atom is -0.427 e. The van der Waals surface area contributed by atoms with Crippen LogP contribution in [0.2, 0.25) is 0 Å². The summed E-state index contributed by atoms with van der Waals surface area (Å²) in [6, 6.07) is 5.57. The molecule has 0 saturated carbocycles. The van der Waals surface area contributed by atoms with Crippen molar-refractivity contribution in [2.75, 3.05) is 6.54 Å². The molecule has 1 atom stereocenters. The lowest BCUT2D eigenvalue weighted by atomic mass is 9.95. The Kier molecular flexibility index (Phi) is 5.92. The van der Waals surface area contributed by atoms with E-state index in [4.69, 9.17) is 5.73 Å². The molecule has 0 aromatic carbocycles. The molecule has 0 amide bonds. The third-order valence-corrected chi connectivity index (χ3v) is 3.41. The minimum absolute atomic E-state index is 0.0652. The quantitative estimate of drug-likeness (QED) is 0.760. The highest BCUT2D eigenvalue weighted by molar-refractivity contribution is 5.02. The molecule has 0 aliphatic rings. The van der Waals surface area contributed by atoms with E-state index in [2.05, 4.69) is 18.8 Å². The number of aromatic nitrogens is 1. The van der Waals surface area contributed by atoms with Gasteiger partial charge in [0.2, 0.25) is 0 Å². The zero-order valence-electron chi connectivity index (χ0n) is 11.6. The summed E-state index contributed by atoms with van der Waals surface area (Å²) in [5, 5.41) is 9.77. The molecule has 18 heavy (non-hydrogen) atoms. The highest BCUT2D eigenvalue weighted by Gasteiger charge is 2.09. The number of hydrogen-bond acceptors (Lipinski definition) is 3. The van der Waals surface area contributed by atoms with E-state index in [1.165, 1.54) is 0 Å². The normalized spacial score (nSPS) is 14.2. The predicted molar refractivity (Wildman–Crippen MR) is 73.4 cm³/mol. The second kappa shape index (κ2) is 7.21. The van der Waals surface area contributed by atoms with Crippen molar-refractivity contribution >= 4 is 0 Å². The third-order valence-electron chi connectivity index (χ3n) is 3.41. The molecule has 102 valence electrons. The lowest BCUT2D eigenvalue weighted by Crippen LogP contribution is -2.29. The van der Waals surface area contributed by atoms with E-state index in [0.717, 1.165) is 29.7 Å². The molecular formula is C14H25N3O. The van der Waals surface area contributed by atoms with E-state index >= 15 is 0 Å². The third kappa shape index (κ3) is 4.18. The second-order valence-corrected chi connectivity index (χ2v) is 4.86. The Labute approximate surface area is 109 Å². The van der Waals surface area contributed by atoms with Crippen molar-refractivity contribution in [1.29, 1.82) is 0 Å². The van der Waals surface area contributed by atoms with Crippen LogP contribution in [0, 0.1) is 12.8 Å². The van der Waals surface area contributed by atoms with Crippen molar-refractivity contribution in [3.05, 3.63) is 29.4 Å². The first-order chi connectivity index (χ1) is 8.58. The van der Waals surface area contributed by atoms with E-state index in [1.54, 1.807) is 6.07 Å². The van der Waals surface area contributed by atoms with E-state index in [-0.39, 0.29) is 6.04 Å². The Bertz CT molecular complexity index is 421. The smallest absolute Gasteiger partial charge is 0.163 e. The number of nitrogens with two attached hydrogens (primary N) is 1. The molecule has 1 heterocycles. The molecule has 0 aliphatic carbocycles. The fourth-order valence-corrected chi connectivity index (χ4v) is 2.05. The van der Waals surface area contributed by atoms with Crippen molar-refractivity contribution in [3.8, 4) is 0 Å². The van der Waals surface area contributed by atoms with Gasteiger partial charge in [0.1, 0.15) is 0 Å². The number of aryl methyl sites for hydroxylation is 1. The van der Waals surface area contributed by atoms with Gasteiger partial charge in [0.05, 0.1) is 12.2 Å². The van der Waals surface area contributed by atoms with Gasteiger partial charge in [-0.15, -0.1) is 0 Å². The monoisotopic (exact) mass is 251 g/mol. The van der Waals surface area contributed by atoms with E-state index < -0.39 is 0 Å². The fourth-order valence-electron chi connectivity index (χ4n) is 2.05. The summed E-state index contributed by atoms with van der Waals surface area (Å²) in [6.45, 7) is 6.78. The zero-order valence-corrected chi connectivity index (χ0v) is 11.6. The van der Waals surface area contributed by atoms with Crippen LogP contribution in [0.5, 0.6) is 0 Å². The predicted octanol–water partition coefficient (Wildman–Crippen LogP) is 2.09. The summed E-state index contributed by atoms with van der Waals surface area (Å²) in [5.74, 6) is 0.675. The molecule has 0 fully saturated rings. The zero-order chi connectivity index (χ0) is 13.5. The van der Waals surface area contributed by atoms with Crippen LogP contribution in [-0.2, 0) is 0 Å². The first-order valence-corrected chi connectivity index (χ1v) is 6.72. The van der Waals surface area contributed by atoms with Gasteiger partial charge in [-0.05, 0) is 31.4 Å². The van der Waals surface area contributed by atoms with Crippen molar-refractivity contribution < 1.29 is 5.21 Å². The van der Waals surface area contributed by atoms with Gasteiger partial charge in [0.25, 0.3) is 0 Å². The largest absolute Gasteiger partial charge is 0.427 e. The molecular weight excluding hydrogens is 226 g/mol. The fraction of sp³-hybridized carbons (Fsp3) is 0.643. The number of rotatable bonds is 6. The summed E-state index contributed by atoms with van der Waals surface area (Å²) in [5.41, 5.74) is 7.41.